The first-order valence-electron chi connectivity index (χ1n) is 9.20. The van der Waals surface area contributed by atoms with Crippen LogP contribution in [0.1, 0.15) is 6.42 Å². The third kappa shape index (κ3) is 3.10. The number of fused-ring (bicyclic) bond motifs is 1. The largest absolute Gasteiger partial charge is 0.496 e. The summed E-state index contributed by atoms with van der Waals surface area (Å²) in [6, 6.07) is 10.5. The van der Waals surface area contributed by atoms with Gasteiger partial charge < -0.3 is 15.4 Å². The Labute approximate surface area is 166 Å². The molecule has 7 nitrogen and oxygen atoms in total. The van der Waals surface area contributed by atoms with Crippen molar-refractivity contribution in [3.8, 4) is 22.0 Å². The van der Waals surface area contributed by atoms with Crippen molar-refractivity contribution in [2.45, 2.75) is 12.5 Å². The van der Waals surface area contributed by atoms with E-state index in [1.54, 1.807) is 18.4 Å². The molecule has 0 spiro atoms. The molecular formula is C20H20N6OS. The van der Waals surface area contributed by atoms with Crippen molar-refractivity contribution in [2.75, 3.05) is 25.5 Å². The highest BCUT2D eigenvalue weighted by atomic mass is 32.1. The van der Waals surface area contributed by atoms with Crippen LogP contribution in [0.15, 0.2) is 48.4 Å². The zero-order valence-corrected chi connectivity index (χ0v) is 16.2. The molecule has 3 aromatic heterocycles. The SMILES string of the molecule is COc1cc2ncn(-c3cccc(NC4CCNC4)n3)c2cc1-c1cncs1. The highest BCUT2D eigenvalue weighted by molar-refractivity contribution is 7.13. The molecule has 1 saturated heterocycles. The Hall–Kier alpha value is -2.97. The van der Waals surface area contributed by atoms with Crippen molar-refractivity contribution >= 4 is 28.2 Å². The molecule has 5 rings (SSSR count). The second-order valence-corrected chi connectivity index (χ2v) is 7.62. The Morgan fingerprint density at radius 1 is 1.32 bits per heavy atom. The number of anilines is 1. The zero-order chi connectivity index (χ0) is 18.9. The van der Waals surface area contributed by atoms with Crippen LogP contribution >= 0.6 is 11.3 Å². The average Bonchev–Trinajstić information content (AvgIpc) is 3.48. The minimum atomic E-state index is 0.421. The van der Waals surface area contributed by atoms with Gasteiger partial charge in [0.1, 0.15) is 23.7 Å². The van der Waals surface area contributed by atoms with E-state index in [0.717, 1.165) is 58.4 Å². The van der Waals surface area contributed by atoms with Gasteiger partial charge in [0.15, 0.2) is 0 Å². The fourth-order valence-corrected chi connectivity index (χ4v) is 4.20. The summed E-state index contributed by atoms with van der Waals surface area (Å²) in [6.45, 7) is 2.02. The van der Waals surface area contributed by atoms with E-state index in [9.17, 15) is 0 Å². The van der Waals surface area contributed by atoms with Gasteiger partial charge in [-0.1, -0.05) is 6.07 Å². The van der Waals surface area contributed by atoms with Crippen molar-refractivity contribution < 1.29 is 4.74 Å². The van der Waals surface area contributed by atoms with Crippen LogP contribution in [-0.2, 0) is 0 Å². The van der Waals surface area contributed by atoms with Crippen LogP contribution < -0.4 is 15.4 Å². The molecule has 0 bridgehead atoms. The third-order valence-electron chi connectivity index (χ3n) is 4.96. The van der Waals surface area contributed by atoms with Crippen LogP contribution in [0.5, 0.6) is 5.75 Å². The van der Waals surface area contributed by atoms with Crippen molar-refractivity contribution in [3.63, 3.8) is 0 Å². The molecule has 1 aliphatic heterocycles. The average molecular weight is 392 g/mol. The fourth-order valence-electron chi connectivity index (χ4n) is 3.55. The number of benzene rings is 1. The predicted octanol–water partition coefficient (Wildman–Crippen LogP) is 3.33. The molecule has 0 aliphatic carbocycles. The van der Waals surface area contributed by atoms with Gasteiger partial charge in [0.05, 0.1) is 28.5 Å². The lowest BCUT2D eigenvalue weighted by atomic mass is 10.1. The lowest BCUT2D eigenvalue weighted by molar-refractivity contribution is 0.417. The normalized spacial score (nSPS) is 16.5. The van der Waals surface area contributed by atoms with Gasteiger partial charge in [0, 0.05) is 30.4 Å². The van der Waals surface area contributed by atoms with Gasteiger partial charge in [0.2, 0.25) is 0 Å². The molecule has 1 unspecified atom stereocenters. The Bertz CT molecular complexity index is 1100. The molecular weight excluding hydrogens is 372 g/mol. The number of nitrogens with zero attached hydrogens (tertiary/aromatic N) is 4. The monoisotopic (exact) mass is 392 g/mol. The van der Waals surface area contributed by atoms with E-state index in [2.05, 4.69) is 26.7 Å². The fraction of sp³-hybridized carbons (Fsp3) is 0.250. The molecule has 1 fully saturated rings. The van der Waals surface area contributed by atoms with Gasteiger partial charge >= 0.3 is 0 Å². The summed E-state index contributed by atoms with van der Waals surface area (Å²) in [5.74, 6) is 2.50. The number of rotatable bonds is 5. The molecule has 2 N–H and O–H groups in total. The summed E-state index contributed by atoms with van der Waals surface area (Å²) in [5, 5.41) is 6.88. The van der Waals surface area contributed by atoms with Crippen LogP contribution in [0, 0.1) is 0 Å². The molecule has 1 atom stereocenters. The summed E-state index contributed by atoms with van der Waals surface area (Å²) in [4.78, 5) is 14.6. The van der Waals surface area contributed by atoms with Crippen molar-refractivity contribution in [1.82, 2.24) is 24.8 Å². The minimum Gasteiger partial charge on any atom is -0.496 e. The van der Waals surface area contributed by atoms with Gasteiger partial charge in [-0.3, -0.25) is 9.55 Å². The maximum atomic E-state index is 5.58. The summed E-state index contributed by atoms with van der Waals surface area (Å²) in [6.07, 6.45) is 4.77. The number of aromatic nitrogens is 4. The van der Waals surface area contributed by atoms with Crippen LogP contribution in [0.4, 0.5) is 5.82 Å². The second-order valence-electron chi connectivity index (χ2n) is 6.74. The first-order chi connectivity index (χ1) is 13.8. The maximum absolute atomic E-state index is 5.58. The standard InChI is InChI=1S/C20H20N6OS/c1-27-17-8-15-16(7-14(17)18-10-22-12-28-18)26(11-23-15)20-4-2-3-19(25-20)24-13-5-6-21-9-13/h2-4,7-8,10-13,21H,5-6,9H2,1H3,(H,24,25). The highest BCUT2D eigenvalue weighted by Crippen LogP contribution is 2.36. The van der Waals surface area contributed by atoms with Crippen LogP contribution in [-0.4, -0.2) is 45.8 Å². The van der Waals surface area contributed by atoms with Gasteiger partial charge in [-0.25, -0.2) is 9.97 Å². The number of nitrogens with one attached hydrogen (secondary N) is 2. The number of hydrogen-bond donors (Lipinski definition) is 2. The predicted molar refractivity (Wildman–Crippen MR) is 111 cm³/mol. The Morgan fingerprint density at radius 2 is 2.29 bits per heavy atom. The minimum absolute atomic E-state index is 0.421. The van der Waals surface area contributed by atoms with Crippen molar-refractivity contribution in [2.24, 2.45) is 0 Å². The lowest BCUT2D eigenvalue weighted by Crippen LogP contribution is -2.22. The van der Waals surface area contributed by atoms with E-state index in [1.165, 1.54) is 0 Å². The van der Waals surface area contributed by atoms with Gasteiger partial charge in [-0.2, -0.15) is 0 Å². The van der Waals surface area contributed by atoms with Crippen LogP contribution in [0.25, 0.3) is 27.3 Å². The molecule has 142 valence electrons. The molecule has 1 aromatic carbocycles. The van der Waals surface area contributed by atoms with E-state index >= 15 is 0 Å². The zero-order valence-electron chi connectivity index (χ0n) is 15.4. The Kier molecular flexibility index (Phi) is 4.42. The summed E-state index contributed by atoms with van der Waals surface area (Å²) < 4.78 is 7.60. The molecule has 0 amide bonds. The smallest absolute Gasteiger partial charge is 0.140 e. The van der Waals surface area contributed by atoms with Gasteiger partial charge in [0.25, 0.3) is 0 Å². The van der Waals surface area contributed by atoms with Gasteiger partial charge in [-0.05, 0) is 31.2 Å². The molecule has 4 aromatic rings. The molecule has 0 radical (unpaired) electrons. The van der Waals surface area contributed by atoms with Crippen LogP contribution in [0.2, 0.25) is 0 Å². The molecule has 4 heterocycles. The highest BCUT2D eigenvalue weighted by Gasteiger charge is 2.16. The number of thiazole rings is 1. The number of methoxy groups -OCH3 is 1. The van der Waals surface area contributed by atoms with E-state index in [4.69, 9.17) is 9.72 Å². The van der Waals surface area contributed by atoms with Crippen LogP contribution in [0.3, 0.4) is 0 Å². The maximum Gasteiger partial charge on any atom is 0.140 e. The summed E-state index contributed by atoms with van der Waals surface area (Å²) >= 11 is 1.59. The Morgan fingerprint density at radius 3 is 3.07 bits per heavy atom. The third-order valence-corrected chi connectivity index (χ3v) is 5.77. The lowest BCUT2D eigenvalue weighted by Gasteiger charge is -2.13. The van der Waals surface area contributed by atoms with Gasteiger partial charge in [-0.15, -0.1) is 11.3 Å². The summed E-state index contributed by atoms with van der Waals surface area (Å²) in [5.41, 5.74) is 4.68. The van der Waals surface area contributed by atoms with E-state index in [-0.39, 0.29) is 0 Å². The van der Waals surface area contributed by atoms with E-state index in [0.29, 0.717) is 6.04 Å². The topological polar surface area (TPSA) is 76.9 Å². The molecule has 28 heavy (non-hydrogen) atoms. The van der Waals surface area contributed by atoms with E-state index in [1.807, 2.05) is 46.9 Å². The quantitative estimate of drug-likeness (QED) is 0.543. The van der Waals surface area contributed by atoms with Crippen molar-refractivity contribution in [1.29, 1.82) is 0 Å². The molecule has 1 aliphatic rings. The first-order valence-corrected chi connectivity index (χ1v) is 10.1. The number of pyridine rings is 1. The van der Waals surface area contributed by atoms with E-state index < -0.39 is 0 Å². The number of hydrogen-bond acceptors (Lipinski definition) is 7. The second kappa shape index (κ2) is 7.21. The number of imidazole rings is 1. The molecule has 8 heteroatoms. The Balaban J connectivity index is 1.57. The number of ether oxygens (including phenoxy) is 1. The summed E-state index contributed by atoms with van der Waals surface area (Å²) in [7, 11) is 1.68. The van der Waals surface area contributed by atoms with Crippen molar-refractivity contribution in [3.05, 3.63) is 48.4 Å². The molecule has 0 saturated carbocycles. The first kappa shape index (κ1) is 17.2.